The van der Waals surface area contributed by atoms with Crippen molar-refractivity contribution in [1.82, 2.24) is 0 Å². The van der Waals surface area contributed by atoms with Gasteiger partial charge >= 0.3 is 0 Å². The first kappa shape index (κ1) is 22.9. The molecule has 0 aromatic heterocycles. The Morgan fingerprint density at radius 1 is 1.00 bits per heavy atom. The van der Waals surface area contributed by atoms with Crippen LogP contribution in [0.5, 0.6) is 0 Å². The first-order valence-electron chi connectivity index (χ1n) is 13.6. The molecule has 0 radical (unpaired) electrons. The minimum Gasteiger partial charge on any atom is -0.393 e. The minimum atomic E-state index is -0.0794. The highest BCUT2D eigenvalue weighted by molar-refractivity contribution is 5.25. The van der Waals surface area contributed by atoms with Crippen LogP contribution in [0.4, 0.5) is 0 Å². The molecule has 0 spiro atoms. The van der Waals surface area contributed by atoms with Crippen LogP contribution in [0.1, 0.15) is 112 Å². The van der Waals surface area contributed by atoms with E-state index in [1.165, 1.54) is 57.8 Å². The second-order valence-corrected chi connectivity index (χ2v) is 12.9. The summed E-state index contributed by atoms with van der Waals surface area (Å²) in [5.74, 6) is 6.31. The van der Waals surface area contributed by atoms with Crippen molar-refractivity contribution in [3.63, 3.8) is 0 Å². The van der Waals surface area contributed by atoms with Crippen molar-refractivity contribution in [2.75, 3.05) is 0 Å². The summed E-state index contributed by atoms with van der Waals surface area (Å²) < 4.78 is 0. The molecule has 0 heterocycles. The Bertz CT molecular complexity index is 634. The molecule has 4 aliphatic rings. The summed E-state index contributed by atoms with van der Waals surface area (Å²) in [6, 6.07) is 0. The van der Waals surface area contributed by atoms with Gasteiger partial charge in [-0.05, 0) is 110 Å². The Morgan fingerprint density at radius 2 is 1.77 bits per heavy atom. The fourth-order valence-corrected chi connectivity index (χ4v) is 9.30. The van der Waals surface area contributed by atoms with Gasteiger partial charge in [0, 0.05) is 0 Å². The van der Waals surface area contributed by atoms with Crippen LogP contribution in [0, 0.1) is 52.3 Å². The van der Waals surface area contributed by atoms with E-state index in [4.69, 9.17) is 0 Å². The first-order valence-corrected chi connectivity index (χ1v) is 13.6. The second-order valence-electron chi connectivity index (χ2n) is 12.9. The molecule has 0 amide bonds. The topological polar surface area (TPSA) is 20.2 Å². The maximum atomic E-state index is 10.2. The first-order chi connectivity index (χ1) is 14.2. The standard InChI is InChI=1S/C29H50O/c1-7-21(19(2)3)9-8-20(4)25-12-13-26-24-11-10-22-18-23(30)14-16-28(22,5)27(24)15-17-29(25,26)6/h10,19-21,23-27,30H,7-9,11-18H2,1-6H3/t20?,21-,23?,24?,25?,26-,27?,28?,29?/m0/s1. The van der Waals surface area contributed by atoms with E-state index in [0.29, 0.717) is 10.8 Å². The van der Waals surface area contributed by atoms with Crippen LogP contribution in [0.3, 0.4) is 0 Å². The predicted molar refractivity (Wildman–Crippen MR) is 128 cm³/mol. The molecule has 0 saturated heterocycles. The monoisotopic (exact) mass is 414 g/mol. The van der Waals surface area contributed by atoms with Crippen molar-refractivity contribution in [2.24, 2.45) is 52.3 Å². The predicted octanol–water partition coefficient (Wildman–Crippen LogP) is 8.02. The molecule has 0 aromatic rings. The van der Waals surface area contributed by atoms with Gasteiger partial charge < -0.3 is 5.11 Å². The third-order valence-electron chi connectivity index (χ3n) is 11.3. The van der Waals surface area contributed by atoms with Gasteiger partial charge in [-0.2, -0.15) is 0 Å². The fourth-order valence-electron chi connectivity index (χ4n) is 9.30. The van der Waals surface area contributed by atoms with Crippen LogP contribution in [0.2, 0.25) is 0 Å². The van der Waals surface area contributed by atoms with E-state index in [-0.39, 0.29) is 6.10 Å². The van der Waals surface area contributed by atoms with Gasteiger partial charge in [0.15, 0.2) is 0 Å². The number of hydrogen-bond acceptors (Lipinski definition) is 1. The van der Waals surface area contributed by atoms with Gasteiger partial charge in [-0.3, -0.25) is 0 Å². The summed E-state index contributed by atoms with van der Waals surface area (Å²) in [7, 11) is 0. The molecule has 4 rings (SSSR count). The number of fused-ring (bicyclic) bond motifs is 5. The summed E-state index contributed by atoms with van der Waals surface area (Å²) in [4.78, 5) is 0. The zero-order chi connectivity index (χ0) is 21.7. The Balaban J connectivity index is 1.47. The minimum absolute atomic E-state index is 0.0794. The molecule has 1 nitrogen and oxygen atoms in total. The molecule has 1 heteroatoms. The Morgan fingerprint density at radius 3 is 2.47 bits per heavy atom. The lowest BCUT2D eigenvalue weighted by Crippen LogP contribution is -2.50. The summed E-state index contributed by atoms with van der Waals surface area (Å²) in [6.07, 6.45) is 17.1. The van der Waals surface area contributed by atoms with Crippen LogP contribution in [0.25, 0.3) is 0 Å². The van der Waals surface area contributed by atoms with Crippen LogP contribution in [0.15, 0.2) is 11.6 Å². The summed E-state index contributed by atoms with van der Waals surface area (Å²) in [6.45, 7) is 15.1. The van der Waals surface area contributed by atoms with Gasteiger partial charge in [0.25, 0.3) is 0 Å². The number of aliphatic hydroxyl groups is 1. The number of rotatable bonds is 6. The van der Waals surface area contributed by atoms with E-state index < -0.39 is 0 Å². The average Bonchev–Trinajstić information content (AvgIpc) is 3.06. The maximum absolute atomic E-state index is 10.2. The van der Waals surface area contributed by atoms with Crippen molar-refractivity contribution in [2.45, 2.75) is 118 Å². The van der Waals surface area contributed by atoms with E-state index in [9.17, 15) is 5.11 Å². The van der Waals surface area contributed by atoms with E-state index in [1.807, 2.05) is 0 Å². The molecule has 30 heavy (non-hydrogen) atoms. The van der Waals surface area contributed by atoms with Crippen molar-refractivity contribution in [3.05, 3.63) is 11.6 Å². The Hall–Kier alpha value is -0.300. The molecular weight excluding hydrogens is 364 g/mol. The van der Waals surface area contributed by atoms with Gasteiger partial charge in [0.05, 0.1) is 6.10 Å². The van der Waals surface area contributed by atoms with Gasteiger partial charge in [-0.25, -0.2) is 0 Å². The van der Waals surface area contributed by atoms with Crippen molar-refractivity contribution in [3.8, 4) is 0 Å². The lowest BCUT2D eigenvalue weighted by molar-refractivity contribution is -0.0575. The molecule has 0 aliphatic heterocycles. The van der Waals surface area contributed by atoms with Crippen LogP contribution < -0.4 is 0 Å². The SMILES string of the molecule is CC[C@@H](CCC(C)C1CC[C@H]2C3CC=C4CC(O)CCC4(C)C3CCC12C)C(C)C. The normalized spacial score (nSPS) is 45.3. The van der Waals surface area contributed by atoms with Gasteiger partial charge in [-0.1, -0.05) is 66.0 Å². The molecule has 172 valence electrons. The fraction of sp³-hybridized carbons (Fsp3) is 0.931. The third-order valence-corrected chi connectivity index (χ3v) is 11.3. The highest BCUT2D eigenvalue weighted by atomic mass is 16.3. The molecule has 4 aliphatic carbocycles. The molecule has 0 aromatic carbocycles. The summed E-state index contributed by atoms with van der Waals surface area (Å²) >= 11 is 0. The highest BCUT2D eigenvalue weighted by Crippen LogP contribution is 2.67. The maximum Gasteiger partial charge on any atom is 0.0577 e. The van der Waals surface area contributed by atoms with Crippen LogP contribution in [-0.4, -0.2) is 11.2 Å². The molecule has 3 fully saturated rings. The third kappa shape index (κ3) is 3.74. The average molecular weight is 415 g/mol. The van der Waals surface area contributed by atoms with Gasteiger partial charge in [0.2, 0.25) is 0 Å². The number of hydrogen-bond donors (Lipinski definition) is 1. The van der Waals surface area contributed by atoms with Crippen molar-refractivity contribution < 1.29 is 5.11 Å². The second kappa shape index (κ2) is 8.57. The lowest BCUT2D eigenvalue weighted by atomic mass is 9.47. The van der Waals surface area contributed by atoms with Gasteiger partial charge in [-0.15, -0.1) is 0 Å². The smallest absolute Gasteiger partial charge is 0.0577 e. The van der Waals surface area contributed by atoms with E-state index >= 15 is 0 Å². The van der Waals surface area contributed by atoms with E-state index in [0.717, 1.165) is 54.3 Å². The molecule has 0 bridgehead atoms. The molecule has 1 N–H and O–H groups in total. The van der Waals surface area contributed by atoms with Crippen LogP contribution in [-0.2, 0) is 0 Å². The van der Waals surface area contributed by atoms with Crippen molar-refractivity contribution >= 4 is 0 Å². The Kier molecular flexibility index (Phi) is 6.53. The quantitative estimate of drug-likeness (QED) is 0.436. The Labute approximate surface area is 187 Å². The lowest BCUT2D eigenvalue weighted by Gasteiger charge is -2.58. The molecule has 9 atom stereocenters. The van der Waals surface area contributed by atoms with Crippen LogP contribution >= 0.6 is 0 Å². The molecule has 7 unspecified atom stereocenters. The number of aliphatic hydroxyl groups excluding tert-OH is 1. The van der Waals surface area contributed by atoms with E-state index in [2.05, 4.69) is 47.6 Å². The molecular formula is C29H50O. The largest absolute Gasteiger partial charge is 0.393 e. The van der Waals surface area contributed by atoms with Crippen molar-refractivity contribution in [1.29, 1.82) is 0 Å². The van der Waals surface area contributed by atoms with Gasteiger partial charge in [0.1, 0.15) is 0 Å². The number of allylic oxidation sites excluding steroid dienone is 1. The molecule has 3 saturated carbocycles. The summed E-state index contributed by atoms with van der Waals surface area (Å²) in [5.41, 5.74) is 2.59. The zero-order valence-electron chi connectivity index (χ0n) is 20.9. The highest BCUT2D eigenvalue weighted by Gasteiger charge is 2.59. The zero-order valence-corrected chi connectivity index (χ0v) is 20.9. The van der Waals surface area contributed by atoms with E-state index in [1.54, 1.807) is 5.57 Å². The summed E-state index contributed by atoms with van der Waals surface area (Å²) in [5, 5.41) is 10.2.